The number of amides is 1. The molecule has 0 unspecified atom stereocenters. The van der Waals surface area contributed by atoms with E-state index in [0.29, 0.717) is 5.88 Å². The highest BCUT2D eigenvalue weighted by Gasteiger charge is 2.07. The zero-order chi connectivity index (χ0) is 12.7. The van der Waals surface area contributed by atoms with Crippen LogP contribution in [0.4, 0.5) is 0 Å². The molecule has 0 fully saturated rings. The maximum absolute atomic E-state index is 11.3. The molecule has 0 aliphatic rings. The lowest BCUT2D eigenvalue weighted by Gasteiger charge is -2.07. The lowest BCUT2D eigenvalue weighted by atomic mass is 10.2. The Balaban J connectivity index is 2.44. The molecule has 0 aliphatic carbocycles. The summed E-state index contributed by atoms with van der Waals surface area (Å²) >= 11 is 0. The molecule has 0 atom stereocenters. The molecule has 92 valence electrons. The minimum absolute atomic E-state index is 0.0299. The van der Waals surface area contributed by atoms with E-state index in [1.807, 2.05) is 0 Å². The Hall–Kier alpha value is -2.11. The second-order valence-corrected chi connectivity index (χ2v) is 3.34. The number of aromatic nitrogens is 1. The summed E-state index contributed by atoms with van der Waals surface area (Å²) in [6, 6.07) is 3.52. The molecule has 0 saturated carbocycles. The Kier molecular flexibility index (Phi) is 4.93. The van der Waals surface area contributed by atoms with Crippen LogP contribution in [-0.2, 0) is 16.1 Å². The van der Waals surface area contributed by atoms with Gasteiger partial charge in [0.25, 0.3) is 0 Å². The van der Waals surface area contributed by atoms with E-state index >= 15 is 0 Å². The van der Waals surface area contributed by atoms with Gasteiger partial charge in [-0.05, 0) is 6.07 Å². The SMILES string of the molecule is COc1ncccc1CNC(=O)CCC(=O)O. The van der Waals surface area contributed by atoms with Crippen molar-refractivity contribution >= 4 is 11.9 Å². The van der Waals surface area contributed by atoms with Gasteiger partial charge in [0, 0.05) is 24.7 Å². The number of aliphatic carboxylic acids is 1. The first-order chi connectivity index (χ1) is 8.13. The van der Waals surface area contributed by atoms with Crippen molar-refractivity contribution < 1.29 is 19.4 Å². The summed E-state index contributed by atoms with van der Waals surface area (Å²) < 4.78 is 5.02. The van der Waals surface area contributed by atoms with E-state index in [1.165, 1.54) is 7.11 Å². The van der Waals surface area contributed by atoms with Crippen LogP contribution in [-0.4, -0.2) is 29.1 Å². The normalized spacial score (nSPS) is 9.71. The molecule has 1 rings (SSSR count). The Morgan fingerprint density at radius 1 is 1.47 bits per heavy atom. The summed E-state index contributed by atoms with van der Waals surface area (Å²) in [6.45, 7) is 0.273. The van der Waals surface area contributed by atoms with E-state index in [1.54, 1.807) is 18.3 Å². The van der Waals surface area contributed by atoms with E-state index in [9.17, 15) is 9.59 Å². The number of ether oxygens (including phenoxy) is 1. The van der Waals surface area contributed by atoms with Gasteiger partial charge in [0.2, 0.25) is 11.8 Å². The minimum atomic E-state index is -0.987. The predicted octanol–water partition coefficient (Wildman–Crippen LogP) is 0.571. The maximum Gasteiger partial charge on any atom is 0.303 e. The second-order valence-electron chi connectivity index (χ2n) is 3.34. The summed E-state index contributed by atoms with van der Waals surface area (Å²) in [6.07, 6.45) is 1.39. The van der Waals surface area contributed by atoms with Crippen LogP contribution in [0.25, 0.3) is 0 Å². The second kappa shape index (κ2) is 6.47. The number of methoxy groups -OCH3 is 1. The topological polar surface area (TPSA) is 88.5 Å². The van der Waals surface area contributed by atoms with Gasteiger partial charge in [0.1, 0.15) is 0 Å². The van der Waals surface area contributed by atoms with E-state index < -0.39 is 5.97 Å². The van der Waals surface area contributed by atoms with E-state index in [4.69, 9.17) is 9.84 Å². The number of rotatable bonds is 6. The molecule has 1 aromatic rings. The first-order valence-electron chi connectivity index (χ1n) is 5.10. The molecular weight excluding hydrogens is 224 g/mol. The van der Waals surface area contributed by atoms with Crippen molar-refractivity contribution in [2.75, 3.05) is 7.11 Å². The summed E-state index contributed by atoms with van der Waals surface area (Å²) in [5, 5.41) is 11.0. The lowest BCUT2D eigenvalue weighted by molar-refractivity contribution is -0.138. The van der Waals surface area contributed by atoms with Gasteiger partial charge in [-0.1, -0.05) is 6.07 Å². The maximum atomic E-state index is 11.3. The molecule has 2 N–H and O–H groups in total. The number of carbonyl (C=O) groups is 2. The summed E-state index contributed by atoms with van der Waals surface area (Å²) in [7, 11) is 1.50. The molecule has 17 heavy (non-hydrogen) atoms. The van der Waals surface area contributed by atoms with Gasteiger partial charge in [-0.3, -0.25) is 9.59 Å². The molecule has 0 aliphatic heterocycles. The molecule has 1 aromatic heterocycles. The van der Waals surface area contributed by atoms with Crippen LogP contribution >= 0.6 is 0 Å². The number of hydrogen-bond donors (Lipinski definition) is 2. The minimum Gasteiger partial charge on any atom is -0.481 e. The highest BCUT2D eigenvalue weighted by atomic mass is 16.5. The van der Waals surface area contributed by atoms with Crippen LogP contribution in [0, 0.1) is 0 Å². The van der Waals surface area contributed by atoms with Gasteiger partial charge < -0.3 is 15.2 Å². The Bertz CT molecular complexity index is 406. The standard InChI is InChI=1S/C11H14N2O4/c1-17-11-8(3-2-6-12-11)7-13-9(14)4-5-10(15)16/h2-3,6H,4-5,7H2,1H3,(H,13,14)(H,15,16). The summed E-state index contributed by atoms with van der Waals surface area (Å²) in [4.78, 5) is 25.5. The van der Waals surface area contributed by atoms with Crippen molar-refractivity contribution in [1.29, 1.82) is 0 Å². The summed E-state index contributed by atoms with van der Waals surface area (Å²) in [5.74, 6) is -0.844. The van der Waals surface area contributed by atoms with Crippen LogP contribution in [0.1, 0.15) is 18.4 Å². The molecule has 0 saturated heterocycles. The van der Waals surface area contributed by atoms with Crippen LogP contribution in [0.2, 0.25) is 0 Å². The van der Waals surface area contributed by atoms with Crippen molar-refractivity contribution in [3.63, 3.8) is 0 Å². The molecule has 0 bridgehead atoms. The number of hydrogen-bond acceptors (Lipinski definition) is 4. The van der Waals surface area contributed by atoms with Crippen LogP contribution < -0.4 is 10.1 Å². The molecule has 6 nitrogen and oxygen atoms in total. The largest absolute Gasteiger partial charge is 0.481 e. The summed E-state index contributed by atoms with van der Waals surface area (Å²) in [5.41, 5.74) is 0.749. The number of nitrogens with zero attached hydrogens (tertiary/aromatic N) is 1. The fourth-order valence-electron chi connectivity index (χ4n) is 1.25. The highest BCUT2D eigenvalue weighted by molar-refractivity contribution is 5.80. The quantitative estimate of drug-likeness (QED) is 0.756. The lowest BCUT2D eigenvalue weighted by Crippen LogP contribution is -2.23. The molecular formula is C11H14N2O4. The van der Waals surface area contributed by atoms with E-state index in [-0.39, 0.29) is 25.3 Å². The number of nitrogens with one attached hydrogen (secondary N) is 1. The van der Waals surface area contributed by atoms with Crippen molar-refractivity contribution in [3.05, 3.63) is 23.9 Å². The predicted molar refractivity (Wildman–Crippen MR) is 59.5 cm³/mol. The van der Waals surface area contributed by atoms with Crippen molar-refractivity contribution in [2.24, 2.45) is 0 Å². The fourth-order valence-corrected chi connectivity index (χ4v) is 1.25. The molecule has 6 heteroatoms. The first kappa shape index (κ1) is 13.0. The van der Waals surface area contributed by atoms with Gasteiger partial charge in [-0.25, -0.2) is 4.98 Å². The average molecular weight is 238 g/mol. The van der Waals surface area contributed by atoms with E-state index in [0.717, 1.165) is 5.56 Å². The van der Waals surface area contributed by atoms with Gasteiger partial charge in [0.05, 0.1) is 13.5 Å². The number of pyridine rings is 1. The highest BCUT2D eigenvalue weighted by Crippen LogP contribution is 2.12. The molecule has 1 amide bonds. The molecule has 0 spiro atoms. The van der Waals surface area contributed by atoms with Crippen LogP contribution in [0.5, 0.6) is 5.88 Å². The third-order valence-electron chi connectivity index (χ3n) is 2.09. The zero-order valence-corrected chi connectivity index (χ0v) is 9.47. The average Bonchev–Trinajstić information content (AvgIpc) is 2.34. The molecule has 0 aromatic carbocycles. The van der Waals surface area contributed by atoms with Gasteiger partial charge >= 0.3 is 5.97 Å². The number of carboxylic acid groups (broad SMARTS) is 1. The number of carboxylic acids is 1. The van der Waals surface area contributed by atoms with Gasteiger partial charge in [0.15, 0.2) is 0 Å². The Labute approximate surface area is 98.6 Å². The molecule has 0 radical (unpaired) electrons. The third kappa shape index (κ3) is 4.50. The first-order valence-corrected chi connectivity index (χ1v) is 5.10. The van der Waals surface area contributed by atoms with Crippen molar-refractivity contribution in [3.8, 4) is 5.88 Å². The van der Waals surface area contributed by atoms with Crippen LogP contribution in [0.3, 0.4) is 0 Å². The van der Waals surface area contributed by atoms with Crippen molar-refractivity contribution in [2.45, 2.75) is 19.4 Å². The Morgan fingerprint density at radius 2 is 2.24 bits per heavy atom. The third-order valence-corrected chi connectivity index (χ3v) is 2.09. The van der Waals surface area contributed by atoms with Gasteiger partial charge in [-0.2, -0.15) is 0 Å². The van der Waals surface area contributed by atoms with Crippen molar-refractivity contribution in [1.82, 2.24) is 10.3 Å². The number of carbonyl (C=O) groups excluding carboxylic acids is 1. The fraction of sp³-hybridized carbons (Fsp3) is 0.364. The van der Waals surface area contributed by atoms with Gasteiger partial charge in [-0.15, -0.1) is 0 Å². The van der Waals surface area contributed by atoms with E-state index in [2.05, 4.69) is 10.3 Å². The van der Waals surface area contributed by atoms with Crippen LogP contribution in [0.15, 0.2) is 18.3 Å². The molecule has 1 heterocycles. The zero-order valence-electron chi connectivity index (χ0n) is 9.47. The Morgan fingerprint density at radius 3 is 2.88 bits per heavy atom. The monoisotopic (exact) mass is 238 g/mol. The smallest absolute Gasteiger partial charge is 0.303 e.